The summed E-state index contributed by atoms with van der Waals surface area (Å²) in [5, 5.41) is 2.76. The van der Waals surface area contributed by atoms with Crippen molar-refractivity contribution in [1.29, 1.82) is 0 Å². The Morgan fingerprint density at radius 2 is 2.00 bits per heavy atom. The number of benzene rings is 1. The minimum Gasteiger partial charge on any atom is -0.486 e. The molecule has 1 atom stereocenters. The molecular weight excluding hydrogens is 360 g/mol. The Morgan fingerprint density at radius 1 is 1.23 bits per heavy atom. The topological polar surface area (TPSA) is 94.2 Å². The second kappa shape index (κ2) is 8.13. The van der Waals surface area contributed by atoms with Gasteiger partial charge in [0.2, 0.25) is 15.9 Å². The van der Waals surface area contributed by atoms with Crippen LogP contribution in [0, 0.1) is 0 Å². The molecule has 144 valence electrons. The Kier molecular flexibility index (Phi) is 5.87. The van der Waals surface area contributed by atoms with Gasteiger partial charge in [0.15, 0.2) is 11.5 Å². The summed E-state index contributed by atoms with van der Waals surface area (Å²) in [5.74, 6) is 0.564. The first-order valence-electron chi connectivity index (χ1n) is 8.78. The van der Waals surface area contributed by atoms with E-state index in [0.717, 1.165) is 17.1 Å². The van der Waals surface area contributed by atoms with Crippen molar-refractivity contribution in [3.8, 4) is 11.5 Å². The number of ether oxygens (including phenoxy) is 3. The molecule has 1 N–H and O–H groups in total. The van der Waals surface area contributed by atoms with Crippen molar-refractivity contribution >= 4 is 21.6 Å². The third kappa shape index (κ3) is 4.39. The van der Waals surface area contributed by atoms with E-state index in [1.165, 1.54) is 0 Å². The Balaban J connectivity index is 1.74. The fraction of sp³-hybridized carbons (Fsp3) is 0.588. The molecule has 1 saturated heterocycles. The zero-order valence-corrected chi connectivity index (χ0v) is 15.6. The van der Waals surface area contributed by atoms with Gasteiger partial charge in [-0.2, -0.15) is 0 Å². The lowest BCUT2D eigenvalue weighted by atomic mass is 10.2. The normalized spacial score (nSPS) is 19.2. The van der Waals surface area contributed by atoms with E-state index in [4.69, 9.17) is 14.2 Å². The van der Waals surface area contributed by atoms with E-state index in [0.29, 0.717) is 43.6 Å². The van der Waals surface area contributed by atoms with Gasteiger partial charge in [0, 0.05) is 19.2 Å². The third-order valence-electron chi connectivity index (χ3n) is 4.35. The van der Waals surface area contributed by atoms with E-state index in [9.17, 15) is 13.2 Å². The third-order valence-corrected chi connectivity index (χ3v) is 6.09. The van der Waals surface area contributed by atoms with Crippen LogP contribution in [0.3, 0.4) is 0 Å². The average molecular weight is 384 g/mol. The fourth-order valence-electron chi connectivity index (χ4n) is 2.91. The van der Waals surface area contributed by atoms with Crippen molar-refractivity contribution in [1.82, 2.24) is 5.32 Å². The van der Waals surface area contributed by atoms with Crippen molar-refractivity contribution in [3.05, 3.63) is 18.2 Å². The lowest BCUT2D eigenvalue weighted by Gasteiger charge is -2.26. The van der Waals surface area contributed by atoms with Crippen molar-refractivity contribution in [2.24, 2.45) is 0 Å². The molecule has 1 aromatic rings. The van der Waals surface area contributed by atoms with Gasteiger partial charge in [0.05, 0.1) is 17.5 Å². The maximum absolute atomic E-state index is 12.5. The first-order valence-corrected chi connectivity index (χ1v) is 10.4. The lowest BCUT2D eigenvalue weighted by molar-refractivity contribution is -0.120. The summed E-state index contributed by atoms with van der Waals surface area (Å²) in [6.45, 7) is 3.20. The number of sulfonamides is 1. The fourth-order valence-corrected chi connectivity index (χ4v) is 3.97. The molecule has 9 heteroatoms. The minimum absolute atomic E-state index is 0.00414. The van der Waals surface area contributed by atoms with Crippen LogP contribution in [0.1, 0.15) is 19.8 Å². The molecule has 1 aromatic carbocycles. The maximum Gasteiger partial charge on any atom is 0.240 e. The highest BCUT2D eigenvalue weighted by molar-refractivity contribution is 7.92. The van der Waals surface area contributed by atoms with Crippen LogP contribution in [-0.4, -0.2) is 59.1 Å². The second-order valence-electron chi connectivity index (χ2n) is 6.17. The van der Waals surface area contributed by atoms with Gasteiger partial charge in [-0.1, -0.05) is 0 Å². The van der Waals surface area contributed by atoms with Crippen LogP contribution in [0.15, 0.2) is 18.2 Å². The number of fused-ring (bicyclic) bond motifs is 1. The quantitative estimate of drug-likeness (QED) is 0.751. The zero-order chi connectivity index (χ0) is 18.6. The molecule has 0 aromatic heterocycles. The van der Waals surface area contributed by atoms with Crippen LogP contribution in [0.25, 0.3) is 0 Å². The number of amides is 1. The van der Waals surface area contributed by atoms with Crippen LogP contribution in [0.5, 0.6) is 11.5 Å². The number of carbonyl (C=O) groups excluding carboxylic acids is 1. The van der Waals surface area contributed by atoms with Crippen molar-refractivity contribution in [2.45, 2.75) is 25.9 Å². The highest BCUT2D eigenvalue weighted by Gasteiger charge is 2.26. The highest BCUT2D eigenvalue weighted by atomic mass is 32.2. The molecule has 2 aliphatic heterocycles. The standard InChI is InChI=1S/C17H24N2O6S/c1-2-26(21,22)19(12-17(20)18-11-14-4-3-7-23-14)13-5-6-15-16(10-13)25-9-8-24-15/h5-6,10,14H,2-4,7-9,11-12H2,1H3,(H,18,20)/t14-/m1/s1. The van der Waals surface area contributed by atoms with Crippen LogP contribution in [-0.2, 0) is 19.6 Å². The first kappa shape index (κ1) is 18.8. The van der Waals surface area contributed by atoms with Gasteiger partial charge < -0.3 is 19.5 Å². The largest absolute Gasteiger partial charge is 0.486 e. The first-order chi connectivity index (χ1) is 12.5. The van der Waals surface area contributed by atoms with Crippen LogP contribution in [0.2, 0.25) is 0 Å². The molecule has 2 heterocycles. The molecule has 0 aliphatic carbocycles. The summed E-state index contributed by atoms with van der Waals surface area (Å²) in [5.41, 5.74) is 0.378. The molecule has 1 amide bonds. The molecule has 0 spiro atoms. The van der Waals surface area contributed by atoms with Gasteiger partial charge in [0.1, 0.15) is 19.8 Å². The highest BCUT2D eigenvalue weighted by Crippen LogP contribution is 2.34. The molecule has 2 aliphatic rings. The second-order valence-corrected chi connectivity index (χ2v) is 8.36. The number of rotatable bonds is 7. The smallest absolute Gasteiger partial charge is 0.240 e. The van der Waals surface area contributed by atoms with Crippen LogP contribution in [0.4, 0.5) is 5.69 Å². The summed E-state index contributed by atoms with van der Waals surface area (Å²) >= 11 is 0. The monoisotopic (exact) mass is 384 g/mol. The summed E-state index contributed by atoms with van der Waals surface area (Å²) in [6.07, 6.45) is 1.89. The van der Waals surface area contributed by atoms with Gasteiger partial charge in [0.25, 0.3) is 0 Å². The molecule has 26 heavy (non-hydrogen) atoms. The summed E-state index contributed by atoms with van der Waals surface area (Å²) in [7, 11) is -3.63. The van der Waals surface area contributed by atoms with Gasteiger partial charge in [-0.15, -0.1) is 0 Å². The number of anilines is 1. The van der Waals surface area contributed by atoms with E-state index in [1.54, 1.807) is 25.1 Å². The van der Waals surface area contributed by atoms with Crippen LogP contribution < -0.4 is 19.1 Å². The van der Waals surface area contributed by atoms with Gasteiger partial charge >= 0.3 is 0 Å². The Labute approximate surface area is 153 Å². The van der Waals surface area contributed by atoms with Crippen molar-refractivity contribution < 1.29 is 27.4 Å². The van der Waals surface area contributed by atoms with E-state index in [2.05, 4.69) is 5.32 Å². The van der Waals surface area contributed by atoms with E-state index in [1.807, 2.05) is 0 Å². The molecule has 1 fully saturated rings. The molecule has 8 nitrogen and oxygen atoms in total. The Morgan fingerprint density at radius 3 is 2.69 bits per heavy atom. The molecule has 0 saturated carbocycles. The number of nitrogens with one attached hydrogen (secondary N) is 1. The average Bonchev–Trinajstić information content (AvgIpc) is 3.17. The van der Waals surface area contributed by atoms with E-state index in [-0.39, 0.29) is 24.3 Å². The SMILES string of the molecule is CCS(=O)(=O)N(CC(=O)NC[C@H]1CCCO1)c1ccc2c(c1)OCCO2. The number of hydrogen-bond acceptors (Lipinski definition) is 6. The molecule has 3 rings (SSSR count). The van der Waals surface area contributed by atoms with Crippen molar-refractivity contribution in [2.75, 3.05) is 43.0 Å². The van der Waals surface area contributed by atoms with Crippen molar-refractivity contribution in [3.63, 3.8) is 0 Å². The lowest BCUT2D eigenvalue weighted by Crippen LogP contribution is -2.43. The summed E-state index contributed by atoms with van der Waals surface area (Å²) in [4.78, 5) is 12.3. The van der Waals surface area contributed by atoms with Gasteiger partial charge in [-0.25, -0.2) is 8.42 Å². The molecule has 0 unspecified atom stereocenters. The van der Waals surface area contributed by atoms with Gasteiger partial charge in [-0.3, -0.25) is 9.10 Å². The Bertz CT molecular complexity index is 746. The van der Waals surface area contributed by atoms with Gasteiger partial charge in [-0.05, 0) is 31.9 Å². The summed E-state index contributed by atoms with van der Waals surface area (Å²) < 4.78 is 42.6. The van der Waals surface area contributed by atoms with Crippen LogP contribution >= 0.6 is 0 Å². The van der Waals surface area contributed by atoms with E-state index < -0.39 is 10.0 Å². The predicted molar refractivity (Wildman–Crippen MR) is 96.2 cm³/mol. The molecular formula is C17H24N2O6S. The zero-order valence-electron chi connectivity index (χ0n) is 14.8. The number of nitrogens with zero attached hydrogens (tertiary/aromatic N) is 1. The number of carbonyl (C=O) groups is 1. The number of hydrogen-bond donors (Lipinski definition) is 1. The summed E-state index contributed by atoms with van der Waals surface area (Å²) in [6, 6.07) is 4.87. The maximum atomic E-state index is 12.5. The minimum atomic E-state index is -3.63. The molecule has 0 bridgehead atoms. The molecule has 0 radical (unpaired) electrons. The predicted octanol–water partition coefficient (Wildman–Crippen LogP) is 0.909. The van der Waals surface area contributed by atoms with E-state index >= 15 is 0 Å². The Hall–Kier alpha value is -2.00.